The van der Waals surface area contributed by atoms with Gasteiger partial charge < -0.3 is 10.1 Å². The Bertz CT molecular complexity index is 926. The third-order valence-corrected chi connectivity index (χ3v) is 6.51. The van der Waals surface area contributed by atoms with E-state index in [-0.39, 0.29) is 24.2 Å². The number of carbonyl (C=O) groups is 1. The minimum Gasteiger partial charge on any atom is -0.435 e. The molecule has 0 aliphatic carbocycles. The number of thiophene rings is 2. The fourth-order valence-electron chi connectivity index (χ4n) is 3.42. The zero-order valence-corrected chi connectivity index (χ0v) is 16.4. The van der Waals surface area contributed by atoms with Crippen LogP contribution in [0, 0.1) is 0 Å². The smallest absolute Gasteiger partial charge is 0.387 e. The van der Waals surface area contributed by atoms with Gasteiger partial charge in [0, 0.05) is 22.0 Å². The minimum atomic E-state index is -2.87. The third kappa shape index (κ3) is 4.24. The lowest BCUT2D eigenvalue weighted by atomic mass is 9.98. The molecule has 0 radical (unpaired) electrons. The highest BCUT2D eigenvalue weighted by Gasteiger charge is 2.31. The molecule has 1 amide bonds. The molecule has 1 unspecified atom stereocenters. The highest BCUT2D eigenvalue weighted by Crippen LogP contribution is 2.39. The number of amides is 1. The van der Waals surface area contributed by atoms with Gasteiger partial charge in [0.15, 0.2) is 0 Å². The van der Waals surface area contributed by atoms with Crippen LogP contribution in [0.3, 0.4) is 0 Å². The van der Waals surface area contributed by atoms with Crippen LogP contribution in [0.5, 0.6) is 5.75 Å². The molecule has 0 fully saturated rings. The zero-order valence-electron chi connectivity index (χ0n) is 14.8. The van der Waals surface area contributed by atoms with Crippen molar-refractivity contribution in [1.29, 1.82) is 0 Å². The molecule has 4 rings (SSSR count). The Morgan fingerprint density at radius 2 is 2.00 bits per heavy atom. The van der Waals surface area contributed by atoms with Gasteiger partial charge in [-0.1, -0.05) is 6.07 Å². The number of rotatable bonds is 6. The van der Waals surface area contributed by atoms with Crippen molar-refractivity contribution in [2.24, 2.45) is 0 Å². The molecule has 1 N–H and O–H groups in total. The summed E-state index contributed by atoms with van der Waals surface area (Å²) >= 11 is 3.46. The standard InChI is InChI=1S/C20H18F2N2O2S2/c21-20(22)26-14-5-3-13(4-6-14)23-18(25)12-24-9-7-16-15(8-11-28-16)19(24)17-2-1-10-27-17/h1-6,8,10-11,19-20H,7,9,12H2,(H,23,25). The summed E-state index contributed by atoms with van der Waals surface area (Å²) in [6.07, 6.45) is 0.932. The van der Waals surface area contributed by atoms with Crippen molar-refractivity contribution in [3.8, 4) is 5.75 Å². The van der Waals surface area contributed by atoms with Crippen LogP contribution in [0.2, 0.25) is 0 Å². The van der Waals surface area contributed by atoms with E-state index in [2.05, 4.69) is 37.8 Å². The molecule has 146 valence electrons. The predicted molar refractivity (Wildman–Crippen MR) is 107 cm³/mol. The van der Waals surface area contributed by atoms with Gasteiger partial charge in [-0.3, -0.25) is 9.69 Å². The van der Waals surface area contributed by atoms with Crippen LogP contribution < -0.4 is 10.1 Å². The van der Waals surface area contributed by atoms with Gasteiger partial charge in [0.05, 0.1) is 12.6 Å². The van der Waals surface area contributed by atoms with Gasteiger partial charge in [0.2, 0.25) is 5.91 Å². The van der Waals surface area contributed by atoms with E-state index in [9.17, 15) is 13.6 Å². The van der Waals surface area contributed by atoms with Crippen molar-refractivity contribution < 1.29 is 18.3 Å². The predicted octanol–water partition coefficient (Wildman–Crippen LogP) is 5.00. The van der Waals surface area contributed by atoms with Crippen molar-refractivity contribution in [2.45, 2.75) is 19.1 Å². The Kier molecular flexibility index (Phi) is 5.70. The quantitative estimate of drug-likeness (QED) is 0.610. The number of anilines is 1. The Labute approximate surface area is 169 Å². The molecule has 1 aliphatic heterocycles. The van der Waals surface area contributed by atoms with Crippen LogP contribution in [0.25, 0.3) is 0 Å². The van der Waals surface area contributed by atoms with Crippen LogP contribution in [-0.2, 0) is 11.2 Å². The van der Waals surface area contributed by atoms with Crippen molar-refractivity contribution in [3.05, 3.63) is 68.5 Å². The highest BCUT2D eigenvalue weighted by atomic mass is 32.1. The van der Waals surface area contributed by atoms with E-state index in [0.29, 0.717) is 5.69 Å². The molecule has 2 aromatic heterocycles. The molecule has 0 spiro atoms. The Hall–Kier alpha value is -2.29. The normalized spacial score (nSPS) is 16.8. The number of hydrogen-bond donors (Lipinski definition) is 1. The van der Waals surface area contributed by atoms with Gasteiger partial charge in [0.25, 0.3) is 0 Å². The molecule has 0 saturated carbocycles. The van der Waals surface area contributed by atoms with Gasteiger partial charge in [-0.2, -0.15) is 8.78 Å². The first kappa shape index (κ1) is 19.0. The molecular weight excluding hydrogens is 402 g/mol. The van der Waals surface area contributed by atoms with Crippen LogP contribution in [0.15, 0.2) is 53.2 Å². The van der Waals surface area contributed by atoms with Crippen molar-refractivity contribution in [3.63, 3.8) is 0 Å². The number of hydrogen-bond acceptors (Lipinski definition) is 5. The number of nitrogens with one attached hydrogen (secondary N) is 1. The largest absolute Gasteiger partial charge is 0.435 e. The Morgan fingerprint density at radius 3 is 2.71 bits per heavy atom. The lowest BCUT2D eigenvalue weighted by molar-refractivity contribution is -0.117. The number of ether oxygens (including phenoxy) is 1. The van der Waals surface area contributed by atoms with Gasteiger partial charge in [0.1, 0.15) is 5.75 Å². The van der Waals surface area contributed by atoms with E-state index in [1.807, 2.05) is 6.07 Å². The lowest BCUT2D eigenvalue weighted by Crippen LogP contribution is -2.40. The van der Waals surface area contributed by atoms with Crippen molar-refractivity contribution in [1.82, 2.24) is 4.90 Å². The van der Waals surface area contributed by atoms with Crippen LogP contribution in [0.1, 0.15) is 21.4 Å². The second-order valence-electron chi connectivity index (χ2n) is 6.39. The second kappa shape index (κ2) is 8.38. The summed E-state index contributed by atoms with van der Waals surface area (Å²) in [6.45, 7) is -1.80. The van der Waals surface area contributed by atoms with Gasteiger partial charge in [-0.15, -0.1) is 22.7 Å². The number of fused-ring (bicyclic) bond motifs is 1. The lowest BCUT2D eigenvalue weighted by Gasteiger charge is -2.34. The van der Waals surface area contributed by atoms with Gasteiger partial charge in [-0.25, -0.2) is 0 Å². The molecule has 1 aliphatic rings. The first-order valence-electron chi connectivity index (χ1n) is 8.78. The van der Waals surface area contributed by atoms with Crippen LogP contribution in [-0.4, -0.2) is 30.5 Å². The first-order valence-corrected chi connectivity index (χ1v) is 10.5. The van der Waals surface area contributed by atoms with Crippen molar-refractivity contribution in [2.75, 3.05) is 18.4 Å². The fourth-order valence-corrected chi connectivity index (χ4v) is 5.20. The summed E-state index contributed by atoms with van der Waals surface area (Å²) in [4.78, 5) is 17.4. The molecule has 28 heavy (non-hydrogen) atoms. The number of alkyl halides is 2. The SMILES string of the molecule is O=C(CN1CCc2sccc2C1c1cccs1)Nc1ccc(OC(F)F)cc1. The average Bonchev–Trinajstić information content (AvgIpc) is 3.34. The van der Waals surface area contributed by atoms with E-state index < -0.39 is 6.61 Å². The molecule has 4 nitrogen and oxygen atoms in total. The summed E-state index contributed by atoms with van der Waals surface area (Å²) in [5.74, 6) is -0.0745. The number of benzene rings is 1. The van der Waals surface area contributed by atoms with E-state index in [0.717, 1.165) is 13.0 Å². The zero-order chi connectivity index (χ0) is 19.5. The molecule has 8 heteroatoms. The topological polar surface area (TPSA) is 41.6 Å². The number of halogens is 2. The summed E-state index contributed by atoms with van der Waals surface area (Å²) in [5.41, 5.74) is 1.83. The fraction of sp³-hybridized carbons (Fsp3) is 0.250. The maximum absolute atomic E-state index is 12.6. The van der Waals surface area contributed by atoms with E-state index in [4.69, 9.17) is 0 Å². The molecule has 3 aromatic rings. The summed E-state index contributed by atoms with van der Waals surface area (Å²) in [7, 11) is 0. The molecule has 0 bridgehead atoms. The molecule has 0 saturated heterocycles. The maximum Gasteiger partial charge on any atom is 0.387 e. The summed E-state index contributed by atoms with van der Waals surface area (Å²) < 4.78 is 28.8. The van der Waals surface area contributed by atoms with Crippen LogP contribution >= 0.6 is 22.7 Å². The first-order chi connectivity index (χ1) is 13.6. The second-order valence-corrected chi connectivity index (χ2v) is 8.37. The van der Waals surface area contributed by atoms with E-state index in [1.165, 1.54) is 27.5 Å². The highest BCUT2D eigenvalue weighted by molar-refractivity contribution is 7.10. The number of nitrogens with zero attached hydrogens (tertiary/aromatic N) is 1. The molecule has 1 atom stereocenters. The monoisotopic (exact) mass is 420 g/mol. The van der Waals surface area contributed by atoms with Gasteiger partial charge in [-0.05, 0) is 59.1 Å². The van der Waals surface area contributed by atoms with E-state index >= 15 is 0 Å². The molecule has 1 aromatic carbocycles. The van der Waals surface area contributed by atoms with Crippen LogP contribution in [0.4, 0.5) is 14.5 Å². The summed E-state index contributed by atoms with van der Waals surface area (Å²) in [5, 5.41) is 7.00. The number of carbonyl (C=O) groups excluding carboxylic acids is 1. The minimum absolute atomic E-state index is 0.0618. The summed E-state index contributed by atoms with van der Waals surface area (Å²) in [6, 6.07) is 12.3. The Morgan fingerprint density at radius 1 is 1.18 bits per heavy atom. The van der Waals surface area contributed by atoms with E-state index in [1.54, 1.807) is 34.8 Å². The maximum atomic E-state index is 12.6. The molecular formula is C20H18F2N2O2S2. The average molecular weight is 421 g/mol. The van der Waals surface area contributed by atoms with Gasteiger partial charge >= 0.3 is 6.61 Å². The third-order valence-electron chi connectivity index (χ3n) is 4.59. The van der Waals surface area contributed by atoms with Crippen molar-refractivity contribution >= 4 is 34.3 Å². The Balaban J connectivity index is 1.45. The molecule has 3 heterocycles.